The molecule has 1 N–H and O–H groups in total. The molecule has 0 radical (unpaired) electrons. The minimum atomic E-state index is 0.717. The minimum absolute atomic E-state index is 0.717. The molecule has 0 amide bonds. The molecule has 1 heterocycles. The van der Waals surface area contributed by atoms with E-state index in [9.17, 15) is 0 Å². The zero-order valence-corrected chi connectivity index (χ0v) is 12.0. The summed E-state index contributed by atoms with van der Waals surface area (Å²) in [7, 11) is 1.94. The normalized spacial score (nSPS) is 10.6. The summed E-state index contributed by atoms with van der Waals surface area (Å²) in [4.78, 5) is 0. The van der Waals surface area contributed by atoms with Gasteiger partial charge in [0.15, 0.2) is 0 Å². The summed E-state index contributed by atoms with van der Waals surface area (Å²) in [6, 6.07) is 5.75. The molecule has 3 nitrogen and oxygen atoms in total. The van der Waals surface area contributed by atoms with Crippen molar-refractivity contribution in [1.82, 2.24) is 9.78 Å². The lowest BCUT2D eigenvalue weighted by Crippen LogP contribution is -2.01. The SMILES string of the molecule is Cc1c(CNc2cc(Br)ccc2Cl)cnn1C. The molecule has 0 aliphatic heterocycles. The predicted molar refractivity (Wildman–Crippen MR) is 74.4 cm³/mol. The second-order valence-electron chi connectivity index (χ2n) is 3.86. The van der Waals surface area contributed by atoms with Crippen molar-refractivity contribution < 1.29 is 0 Å². The van der Waals surface area contributed by atoms with Crippen LogP contribution in [0.25, 0.3) is 0 Å². The molecule has 0 atom stereocenters. The number of nitrogens with zero attached hydrogens (tertiary/aromatic N) is 2. The number of aromatic nitrogens is 2. The van der Waals surface area contributed by atoms with E-state index in [-0.39, 0.29) is 0 Å². The van der Waals surface area contributed by atoms with E-state index >= 15 is 0 Å². The second-order valence-corrected chi connectivity index (χ2v) is 5.18. The van der Waals surface area contributed by atoms with Gasteiger partial charge in [0.2, 0.25) is 0 Å². The van der Waals surface area contributed by atoms with E-state index in [0.717, 1.165) is 27.4 Å². The number of hydrogen-bond donors (Lipinski definition) is 1. The zero-order chi connectivity index (χ0) is 12.4. The van der Waals surface area contributed by atoms with Crippen LogP contribution in [0.15, 0.2) is 28.9 Å². The Kier molecular flexibility index (Phi) is 3.74. The molecule has 2 aromatic rings. The maximum Gasteiger partial charge on any atom is 0.0638 e. The van der Waals surface area contributed by atoms with E-state index in [0.29, 0.717) is 0 Å². The molecule has 90 valence electrons. The fourth-order valence-electron chi connectivity index (χ4n) is 1.54. The average molecular weight is 315 g/mol. The molecule has 0 saturated carbocycles. The third-order valence-electron chi connectivity index (χ3n) is 2.73. The van der Waals surface area contributed by atoms with E-state index in [2.05, 4.69) is 26.3 Å². The van der Waals surface area contributed by atoms with Crippen molar-refractivity contribution in [2.75, 3.05) is 5.32 Å². The second kappa shape index (κ2) is 5.10. The van der Waals surface area contributed by atoms with Crippen LogP contribution < -0.4 is 5.32 Å². The van der Waals surface area contributed by atoms with Gasteiger partial charge in [0, 0.05) is 29.3 Å². The maximum absolute atomic E-state index is 6.10. The Hall–Kier alpha value is -1.00. The molecule has 1 aromatic heterocycles. The summed E-state index contributed by atoms with van der Waals surface area (Å²) in [5, 5.41) is 8.23. The summed E-state index contributed by atoms with van der Waals surface area (Å²) < 4.78 is 2.87. The molecule has 0 saturated heterocycles. The number of halogens is 2. The number of benzene rings is 1. The summed E-state index contributed by atoms with van der Waals surface area (Å²) in [5.41, 5.74) is 3.25. The molecule has 0 fully saturated rings. The molecule has 1 aromatic carbocycles. The lowest BCUT2D eigenvalue weighted by atomic mass is 10.2. The van der Waals surface area contributed by atoms with E-state index in [1.54, 1.807) is 0 Å². The van der Waals surface area contributed by atoms with Crippen molar-refractivity contribution >= 4 is 33.2 Å². The van der Waals surface area contributed by atoms with Gasteiger partial charge >= 0.3 is 0 Å². The first kappa shape index (κ1) is 12.5. The molecule has 2 rings (SSSR count). The molecule has 0 aliphatic carbocycles. The molecular formula is C12H13BrClN3. The largest absolute Gasteiger partial charge is 0.380 e. The van der Waals surface area contributed by atoms with Gasteiger partial charge in [0.1, 0.15) is 0 Å². The van der Waals surface area contributed by atoms with E-state index in [1.807, 2.05) is 43.0 Å². The number of rotatable bonds is 3. The van der Waals surface area contributed by atoms with Crippen LogP contribution in [0.2, 0.25) is 5.02 Å². The number of aryl methyl sites for hydroxylation is 1. The van der Waals surface area contributed by atoms with Crippen LogP contribution in [0.4, 0.5) is 5.69 Å². The highest BCUT2D eigenvalue weighted by molar-refractivity contribution is 9.10. The van der Waals surface area contributed by atoms with Crippen molar-refractivity contribution in [2.45, 2.75) is 13.5 Å². The van der Waals surface area contributed by atoms with Gasteiger partial charge in [0.25, 0.3) is 0 Å². The van der Waals surface area contributed by atoms with Crippen LogP contribution >= 0.6 is 27.5 Å². The van der Waals surface area contributed by atoms with Crippen LogP contribution in [0.5, 0.6) is 0 Å². The van der Waals surface area contributed by atoms with Crippen LogP contribution in [-0.4, -0.2) is 9.78 Å². The van der Waals surface area contributed by atoms with Gasteiger partial charge < -0.3 is 5.32 Å². The fourth-order valence-corrected chi connectivity index (χ4v) is 2.09. The Morgan fingerprint density at radius 1 is 1.47 bits per heavy atom. The van der Waals surface area contributed by atoms with E-state index < -0.39 is 0 Å². The highest BCUT2D eigenvalue weighted by Crippen LogP contribution is 2.26. The van der Waals surface area contributed by atoms with Crippen LogP contribution in [0.3, 0.4) is 0 Å². The smallest absolute Gasteiger partial charge is 0.0638 e. The topological polar surface area (TPSA) is 29.9 Å². The zero-order valence-electron chi connectivity index (χ0n) is 9.67. The van der Waals surface area contributed by atoms with Gasteiger partial charge in [-0.15, -0.1) is 0 Å². The first-order valence-corrected chi connectivity index (χ1v) is 6.41. The fraction of sp³-hybridized carbons (Fsp3) is 0.250. The van der Waals surface area contributed by atoms with Crippen LogP contribution in [0, 0.1) is 6.92 Å². The lowest BCUT2D eigenvalue weighted by Gasteiger charge is -2.08. The van der Waals surface area contributed by atoms with E-state index in [1.165, 1.54) is 5.56 Å². The maximum atomic E-state index is 6.10. The molecule has 0 bridgehead atoms. The first-order chi connectivity index (χ1) is 8.08. The van der Waals surface area contributed by atoms with Gasteiger partial charge in [-0.3, -0.25) is 4.68 Å². The van der Waals surface area contributed by atoms with Gasteiger partial charge in [0.05, 0.1) is 16.9 Å². The number of nitrogens with one attached hydrogen (secondary N) is 1. The van der Waals surface area contributed by atoms with Crippen LogP contribution in [-0.2, 0) is 13.6 Å². The Bertz CT molecular complexity index is 537. The summed E-state index contributed by atoms with van der Waals surface area (Å²) in [6.07, 6.45) is 1.87. The molecule has 17 heavy (non-hydrogen) atoms. The number of anilines is 1. The van der Waals surface area contributed by atoms with Crippen molar-refractivity contribution in [3.8, 4) is 0 Å². The van der Waals surface area contributed by atoms with Gasteiger partial charge in [-0.1, -0.05) is 27.5 Å². The number of hydrogen-bond acceptors (Lipinski definition) is 2. The predicted octanol–water partition coefficient (Wildman–Crippen LogP) is 3.76. The van der Waals surface area contributed by atoms with E-state index in [4.69, 9.17) is 11.6 Å². The van der Waals surface area contributed by atoms with Gasteiger partial charge in [-0.25, -0.2) is 0 Å². The highest BCUT2D eigenvalue weighted by Gasteiger charge is 2.05. The van der Waals surface area contributed by atoms with Crippen molar-refractivity contribution in [1.29, 1.82) is 0 Å². The summed E-state index contributed by atoms with van der Waals surface area (Å²) in [6.45, 7) is 2.77. The minimum Gasteiger partial charge on any atom is -0.380 e. The standard InChI is InChI=1S/C12H13BrClN3/c1-8-9(7-16-17(8)2)6-15-12-5-10(13)3-4-11(12)14/h3-5,7,15H,6H2,1-2H3. The average Bonchev–Trinajstić information content (AvgIpc) is 2.62. The van der Waals surface area contributed by atoms with Crippen LogP contribution in [0.1, 0.15) is 11.3 Å². The van der Waals surface area contributed by atoms with Crippen molar-refractivity contribution in [3.63, 3.8) is 0 Å². The third kappa shape index (κ3) is 2.82. The summed E-state index contributed by atoms with van der Waals surface area (Å²) in [5.74, 6) is 0. The van der Waals surface area contributed by atoms with Gasteiger partial charge in [-0.05, 0) is 25.1 Å². The summed E-state index contributed by atoms with van der Waals surface area (Å²) >= 11 is 9.53. The molecule has 0 aliphatic rings. The Balaban J connectivity index is 2.12. The molecule has 0 unspecified atom stereocenters. The third-order valence-corrected chi connectivity index (χ3v) is 3.56. The van der Waals surface area contributed by atoms with Crippen molar-refractivity contribution in [2.24, 2.45) is 7.05 Å². The lowest BCUT2D eigenvalue weighted by molar-refractivity contribution is 0.738. The Morgan fingerprint density at radius 2 is 2.24 bits per heavy atom. The Morgan fingerprint density at radius 3 is 2.88 bits per heavy atom. The molecule has 0 spiro atoms. The highest BCUT2D eigenvalue weighted by atomic mass is 79.9. The van der Waals surface area contributed by atoms with Crippen molar-refractivity contribution in [3.05, 3.63) is 45.1 Å². The quantitative estimate of drug-likeness (QED) is 0.935. The molecular weight excluding hydrogens is 302 g/mol. The monoisotopic (exact) mass is 313 g/mol. The Labute approximate surface area is 114 Å². The first-order valence-electron chi connectivity index (χ1n) is 5.24. The van der Waals surface area contributed by atoms with Gasteiger partial charge in [-0.2, -0.15) is 5.10 Å². The molecule has 5 heteroatoms.